The summed E-state index contributed by atoms with van der Waals surface area (Å²) in [5.74, 6) is 0.692. The number of piperazine rings is 1. The molecule has 1 saturated carbocycles. The summed E-state index contributed by atoms with van der Waals surface area (Å²) in [6.07, 6.45) is 5.84. The molecule has 0 radical (unpaired) electrons. The number of pyridine rings is 1. The minimum Gasteiger partial charge on any atom is -0.393 e. The molecule has 1 aliphatic carbocycles. The van der Waals surface area contributed by atoms with E-state index in [-0.39, 0.29) is 6.10 Å². The SMILES string of the molecule is COCCN1CCN(Cc2cc(Cc3nc4cccnc4s3)nc(NC3CCC(O)CC3)n2)CC1. The summed E-state index contributed by atoms with van der Waals surface area (Å²) in [5, 5.41) is 14.4. The molecule has 0 aromatic carbocycles. The monoisotopic (exact) mass is 497 g/mol. The van der Waals surface area contributed by atoms with E-state index >= 15 is 0 Å². The average molecular weight is 498 g/mol. The number of aromatic nitrogens is 4. The lowest BCUT2D eigenvalue weighted by molar-refractivity contribution is 0.0932. The fraction of sp³-hybridized carbons (Fsp3) is 0.600. The number of rotatable bonds is 9. The van der Waals surface area contributed by atoms with Crippen molar-refractivity contribution in [2.75, 3.05) is 51.8 Å². The second-order valence-corrected chi connectivity index (χ2v) is 10.6. The van der Waals surface area contributed by atoms with Crippen LogP contribution in [0.15, 0.2) is 24.4 Å². The van der Waals surface area contributed by atoms with E-state index in [1.165, 1.54) is 0 Å². The fourth-order valence-electron chi connectivity index (χ4n) is 4.86. The normalized spacial score (nSPS) is 22.0. The Hall–Kier alpha value is -2.24. The largest absolute Gasteiger partial charge is 0.393 e. The van der Waals surface area contributed by atoms with E-state index in [0.717, 1.165) is 98.3 Å². The van der Waals surface area contributed by atoms with E-state index in [0.29, 0.717) is 18.4 Å². The standard InChI is InChI=1S/C25H35N7O2S/c1-34-14-13-31-9-11-32(12-10-31)17-20-15-19(16-23-30-22-3-2-8-26-24(22)35-23)28-25(29-20)27-18-4-6-21(33)7-5-18/h2-3,8,15,18,21,33H,4-7,9-14,16-17H2,1H3,(H,27,28,29). The minimum atomic E-state index is -0.175. The Morgan fingerprint density at radius 1 is 1.06 bits per heavy atom. The third kappa shape index (κ3) is 6.71. The van der Waals surface area contributed by atoms with Crippen molar-refractivity contribution in [2.45, 2.75) is 50.8 Å². The topological polar surface area (TPSA) is 99.5 Å². The highest BCUT2D eigenvalue weighted by atomic mass is 32.1. The van der Waals surface area contributed by atoms with Gasteiger partial charge in [0.05, 0.1) is 24.1 Å². The summed E-state index contributed by atoms with van der Waals surface area (Å²) in [6.45, 7) is 6.73. The molecule has 10 heteroatoms. The van der Waals surface area contributed by atoms with Gasteiger partial charge in [-0.25, -0.2) is 19.9 Å². The summed E-state index contributed by atoms with van der Waals surface area (Å²) in [4.78, 5) is 24.9. The zero-order chi connectivity index (χ0) is 24.0. The molecule has 2 fully saturated rings. The van der Waals surface area contributed by atoms with E-state index in [1.807, 2.05) is 18.3 Å². The first kappa shape index (κ1) is 24.5. The van der Waals surface area contributed by atoms with Crippen LogP contribution in [0.5, 0.6) is 0 Å². The van der Waals surface area contributed by atoms with Gasteiger partial charge in [-0.2, -0.15) is 0 Å². The van der Waals surface area contributed by atoms with Crippen LogP contribution < -0.4 is 5.32 Å². The number of fused-ring (bicyclic) bond motifs is 1. The van der Waals surface area contributed by atoms with E-state index in [1.54, 1.807) is 18.4 Å². The highest BCUT2D eigenvalue weighted by molar-refractivity contribution is 7.18. The van der Waals surface area contributed by atoms with Crippen molar-refractivity contribution < 1.29 is 9.84 Å². The van der Waals surface area contributed by atoms with Crippen LogP contribution in [-0.4, -0.2) is 93.4 Å². The van der Waals surface area contributed by atoms with Gasteiger partial charge >= 0.3 is 0 Å². The number of methoxy groups -OCH3 is 1. The van der Waals surface area contributed by atoms with Gasteiger partial charge in [-0.05, 0) is 43.9 Å². The second kappa shape index (κ2) is 11.7. The van der Waals surface area contributed by atoms with Crippen LogP contribution >= 0.6 is 11.3 Å². The molecule has 0 unspecified atom stereocenters. The van der Waals surface area contributed by atoms with Crippen molar-refractivity contribution in [2.24, 2.45) is 0 Å². The van der Waals surface area contributed by atoms with E-state index in [2.05, 4.69) is 26.2 Å². The molecule has 2 aliphatic rings. The molecule has 1 aliphatic heterocycles. The van der Waals surface area contributed by atoms with Crippen LogP contribution in [0.25, 0.3) is 10.3 Å². The smallest absolute Gasteiger partial charge is 0.223 e. The number of nitrogens with one attached hydrogen (secondary N) is 1. The van der Waals surface area contributed by atoms with Crippen LogP contribution in [0.2, 0.25) is 0 Å². The lowest BCUT2D eigenvalue weighted by Gasteiger charge is -2.34. The molecule has 2 N–H and O–H groups in total. The molecule has 3 aromatic rings. The number of hydrogen-bond donors (Lipinski definition) is 2. The van der Waals surface area contributed by atoms with Crippen LogP contribution in [-0.2, 0) is 17.7 Å². The minimum absolute atomic E-state index is 0.175. The number of ether oxygens (including phenoxy) is 1. The van der Waals surface area contributed by atoms with Crippen LogP contribution in [0.1, 0.15) is 42.1 Å². The predicted molar refractivity (Wildman–Crippen MR) is 138 cm³/mol. The Bertz CT molecular complexity index is 1060. The maximum absolute atomic E-state index is 9.87. The number of nitrogens with zero attached hydrogens (tertiary/aromatic N) is 6. The molecule has 0 bridgehead atoms. The highest BCUT2D eigenvalue weighted by Crippen LogP contribution is 2.24. The molecule has 9 nitrogen and oxygen atoms in total. The third-order valence-electron chi connectivity index (χ3n) is 6.87. The van der Waals surface area contributed by atoms with Gasteiger partial charge in [0.15, 0.2) is 0 Å². The van der Waals surface area contributed by atoms with Crippen molar-refractivity contribution in [1.82, 2.24) is 29.7 Å². The van der Waals surface area contributed by atoms with E-state index < -0.39 is 0 Å². The molecular weight excluding hydrogens is 462 g/mol. The Labute approximate surface area is 210 Å². The van der Waals surface area contributed by atoms with Gasteiger partial charge in [-0.1, -0.05) is 11.3 Å². The zero-order valence-electron chi connectivity index (χ0n) is 20.4. The second-order valence-electron chi connectivity index (χ2n) is 9.55. The van der Waals surface area contributed by atoms with Crippen molar-refractivity contribution in [3.8, 4) is 0 Å². The molecule has 5 rings (SSSR count). The molecular formula is C25H35N7O2S. The summed E-state index contributed by atoms with van der Waals surface area (Å²) in [7, 11) is 1.76. The molecule has 0 spiro atoms. The zero-order valence-corrected chi connectivity index (χ0v) is 21.2. The lowest BCUT2D eigenvalue weighted by Crippen LogP contribution is -2.46. The third-order valence-corrected chi connectivity index (χ3v) is 7.85. The molecule has 3 aromatic heterocycles. The summed E-state index contributed by atoms with van der Waals surface area (Å²) >= 11 is 1.63. The van der Waals surface area contributed by atoms with Crippen LogP contribution in [0.3, 0.4) is 0 Å². The molecule has 4 heterocycles. The summed E-state index contributed by atoms with van der Waals surface area (Å²) in [6, 6.07) is 6.36. The van der Waals surface area contributed by atoms with Crippen molar-refractivity contribution in [3.63, 3.8) is 0 Å². The lowest BCUT2D eigenvalue weighted by atomic mass is 9.93. The molecule has 0 amide bonds. The van der Waals surface area contributed by atoms with Gasteiger partial charge in [0.25, 0.3) is 0 Å². The Morgan fingerprint density at radius 2 is 1.83 bits per heavy atom. The van der Waals surface area contributed by atoms with Crippen LogP contribution in [0.4, 0.5) is 5.95 Å². The van der Waals surface area contributed by atoms with E-state index in [9.17, 15) is 5.11 Å². The van der Waals surface area contributed by atoms with Crippen LogP contribution in [0, 0.1) is 0 Å². The van der Waals surface area contributed by atoms with Crippen molar-refractivity contribution in [1.29, 1.82) is 0 Å². The number of anilines is 1. The summed E-state index contributed by atoms with van der Waals surface area (Å²) < 4.78 is 5.23. The first-order valence-electron chi connectivity index (χ1n) is 12.6. The predicted octanol–water partition coefficient (Wildman–Crippen LogP) is 2.55. The van der Waals surface area contributed by atoms with Gasteiger partial charge in [-0.15, -0.1) is 0 Å². The maximum atomic E-state index is 9.87. The van der Waals surface area contributed by atoms with Gasteiger partial charge in [0, 0.05) is 65.0 Å². The number of aliphatic hydroxyl groups is 1. The fourth-order valence-corrected chi connectivity index (χ4v) is 5.78. The Kier molecular flexibility index (Phi) is 8.15. The van der Waals surface area contributed by atoms with Gasteiger partial charge in [-0.3, -0.25) is 9.80 Å². The van der Waals surface area contributed by atoms with Gasteiger partial charge in [0.2, 0.25) is 5.95 Å². The van der Waals surface area contributed by atoms with Crippen molar-refractivity contribution in [3.05, 3.63) is 40.8 Å². The quantitative estimate of drug-likeness (QED) is 0.462. The first-order valence-corrected chi connectivity index (χ1v) is 13.4. The first-order chi connectivity index (χ1) is 17.1. The Morgan fingerprint density at radius 3 is 2.60 bits per heavy atom. The molecule has 188 valence electrons. The van der Waals surface area contributed by atoms with Crippen molar-refractivity contribution >= 4 is 27.6 Å². The Balaban J connectivity index is 1.30. The highest BCUT2D eigenvalue weighted by Gasteiger charge is 2.22. The molecule has 1 saturated heterocycles. The van der Waals surface area contributed by atoms with Gasteiger partial charge in [0.1, 0.15) is 15.4 Å². The average Bonchev–Trinajstić information content (AvgIpc) is 3.27. The maximum Gasteiger partial charge on any atom is 0.223 e. The molecule has 0 atom stereocenters. The van der Waals surface area contributed by atoms with Gasteiger partial charge < -0.3 is 15.2 Å². The van der Waals surface area contributed by atoms with E-state index in [4.69, 9.17) is 19.7 Å². The number of hydrogen-bond acceptors (Lipinski definition) is 10. The number of thiazole rings is 1. The summed E-state index contributed by atoms with van der Waals surface area (Å²) in [5.41, 5.74) is 2.95. The number of aliphatic hydroxyl groups excluding tert-OH is 1. The molecule has 35 heavy (non-hydrogen) atoms.